The molecule has 0 bridgehead atoms. The van der Waals surface area contributed by atoms with E-state index in [4.69, 9.17) is 4.74 Å². The number of ether oxygens (including phenoxy) is 1. The molecule has 2 aliphatic heterocycles. The third-order valence-electron chi connectivity index (χ3n) is 4.25. The lowest BCUT2D eigenvalue weighted by Crippen LogP contribution is -2.42. The van der Waals surface area contributed by atoms with Crippen molar-refractivity contribution in [2.75, 3.05) is 16.8 Å². The summed E-state index contributed by atoms with van der Waals surface area (Å²) in [4.78, 5) is 26.5. The summed E-state index contributed by atoms with van der Waals surface area (Å²) in [7, 11) is 0. The van der Waals surface area contributed by atoms with Gasteiger partial charge in [-0.05, 0) is 30.2 Å². The van der Waals surface area contributed by atoms with Crippen LogP contribution >= 0.6 is 0 Å². The molecule has 0 aliphatic carbocycles. The average molecular weight is 308 g/mol. The Morgan fingerprint density at radius 2 is 1.96 bits per heavy atom. The molecule has 0 saturated heterocycles. The van der Waals surface area contributed by atoms with E-state index >= 15 is 0 Å². The number of rotatable bonds is 2. The molecule has 5 nitrogen and oxygen atoms in total. The predicted molar refractivity (Wildman–Crippen MR) is 86.6 cm³/mol. The Labute approximate surface area is 133 Å². The number of fused-ring (bicyclic) bond motifs is 2. The van der Waals surface area contributed by atoms with E-state index in [-0.39, 0.29) is 18.2 Å². The molecular weight excluding hydrogens is 292 g/mol. The van der Waals surface area contributed by atoms with E-state index in [0.717, 1.165) is 12.1 Å². The van der Waals surface area contributed by atoms with Crippen LogP contribution in [0.2, 0.25) is 0 Å². The number of benzene rings is 2. The van der Waals surface area contributed by atoms with Crippen molar-refractivity contribution < 1.29 is 14.3 Å². The van der Waals surface area contributed by atoms with Gasteiger partial charge >= 0.3 is 0 Å². The lowest BCUT2D eigenvalue weighted by Gasteiger charge is -2.27. The van der Waals surface area contributed by atoms with Crippen LogP contribution in [0.3, 0.4) is 0 Å². The van der Waals surface area contributed by atoms with Gasteiger partial charge in [0, 0.05) is 12.2 Å². The maximum atomic E-state index is 12.6. The second-order valence-electron chi connectivity index (χ2n) is 5.72. The van der Waals surface area contributed by atoms with Crippen molar-refractivity contribution in [2.24, 2.45) is 0 Å². The number of carbonyl (C=O) groups is 2. The van der Waals surface area contributed by atoms with Gasteiger partial charge in [0.15, 0.2) is 6.10 Å². The van der Waals surface area contributed by atoms with Crippen molar-refractivity contribution >= 4 is 23.2 Å². The van der Waals surface area contributed by atoms with Gasteiger partial charge < -0.3 is 15.0 Å². The van der Waals surface area contributed by atoms with Crippen LogP contribution in [0.5, 0.6) is 5.75 Å². The summed E-state index contributed by atoms with van der Waals surface area (Å²) < 4.78 is 5.70. The van der Waals surface area contributed by atoms with Crippen LogP contribution < -0.4 is 15.0 Å². The molecule has 116 valence electrons. The van der Waals surface area contributed by atoms with Crippen molar-refractivity contribution in [3.8, 4) is 5.75 Å². The Hall–Kier alpha value is -2.82. The van der Waals surface area contributed by atoms with Crippen LogP contribution in [0, 0.1) is 0 Å². The predicted octanol–water partition coefficient (Wildman–Crippen LogP) is 2.37. The van der Waals surface area contributed by atoms with Crippen LogP contribution in [-0.4, -0.2) is 24.5 Å². The summed E-state index contributed by atoms with van der Waals surface area (Å²) in [5.74, 6) is 0.241. The molecule has 4 rings (SSSR count). The number of anilines is 2. The van der Waals surface area contributed by atoms with Crippen LogP contribution in [0.25, 0.3) is 0 Å². The van der Waals surface area contributed by atoms with Crippen LogP contribution in [-0.2, 0) is 16.0 Å². The molecule has 1 unspecified atom stereocenters. The van der Waals surface area contributed by atoms with Gasteiger partial charge in [-0.2, -0.15) is 0 Å². The summed E-state index contributed by atoms with van der Waals surface area (Å²) in [6, 6.07) is 15.1. The molecule has 0 saturated carbocycles. The van der Waals surface area contributed by atoms with Gasteiger partial charge in [0.05, 0.1) is 12.1 Å². The van der Waals surface area contributed by atoms with Crippen molar-refractivity contribution in [3.63, 3.8) is 0 Å². The van der Waals surface area contributed by atoms with Gasteiger partial charge in [-0.1, -0.05) is 30.3 Å². The fourth-order valence-corrected chi connectivity index (χ4v) is 3.09. The number of nitrogens with zero attached hydrogens (tertiary/aromatic N) is 1. The molecule has 0 fully saturated rings. The minimum Gasteiger partial charge on any atom is -0.478 e. The van der Waals surface area contributed by atoms with E-state index in [2.05, 4.69) is 5.32 Å². The number of para-hydroxylation sites is 3. The average Bonchev–Trinajstić information content (AvgIpc) is 2.99. The van der Waals surface area contributed by atoms with E-state index in [1.807, 2.05) is 36.4 Å². The van der Waals surface area contributed by atoms with E-state index in [1.54, 1.807) is 17.0 Å². The largest absolute Gasteiger partial charge is 0.478 e. The van der Waals surface area contributed by atoms with Crippen LogP contribution in [0.1, 0.15) is 12.0 Å². The lowest BCUT2D eigenvalue weighted by molar-refractivity contribution is -0.129. The molecule has 5 heteroatoms. The molecule has 2 aromatic rings. The topological polar surface area (TPSA) is 58.6 Å². The van der Waals surface area contributed by atoms with Gasteiger partial charge in [0.1, 0.15) is 5.75 Å². The Morgan fingerprint density at radius 1 is 1.17 bits per heavy atom. The van der Waals surface area contributed by atoms with Gasteiger partial charge in [-0.25, -0.2) is 0 Å². The maximum absolute atomic E-state index is 12.6. The van der Waals surface area contributed by atoms with Gasteiger partial charge in [-0.3, -0.25) is 9.59 Å². The summed E-state index contributed by atoms with van der Waals surface area (Å²) in [6.07, 6.45) is 0.0990. The van der Waals surface area contributed by atoms with Gasteiger partial charge in [-0.15, -0.1) is 0 Å². The van der Waals surface area contributed by atoms with E-state index < -0.39 is 6.10 Å². The molecule has 0 aromatic heterocycles. The zero-order valence-electron chi connectivity index (χ0n) is 12.5. The zero-order chi connectivity index (χ0) is 15.8. The van der Waals surface area contributed by atoms with Crippen molar-refractivity contribution in [3.05, 3.63) is 54.1 Å². The molecule has 2 amide bonds. The lowest BCUT2D eigenvalue weighted by atomic mass is 10.1. The second-order valence-corrected chi connectivity index (χ2v) is 5.72. The van der Waals surface area contributed by atoms with Crippen molar-refractivity contribution in [1.82, 2.24) is 0 Å². The first-order chi connectivity index (χ1) is 11.2. The first kappa shape index (κ1) is 13.8. The highest BCUT2D eigenvalue weighted by molar-refractivity contribution is 6.03. The first-order valence-corrected chi connectivity index (χ1v) is 7.67. The number of hydrogen-bond acceptors (Lipinski definition) is 3. The monoisotopic (exact) mass is 308 g/mol. The number of carbonyl (C=O) groups excluding carboxylic acids is 2. The highest BCUT2D eigenvalue weighted by Crippen LogP contribution is 2.31. The highest BCUT2D eigenvalue weighted by Gasteiger charge is 2.33. The van der Waals surface area contributed by atoms with Crippen molar-refractivity contribution in [1.29, 1.82) is 0 Å². The van der Waals surface area contributed by atoms with E-state index in [0.29, 0.717) is 18.0 Å². The molecule has 2 heterocycles. The molecule has 0 spiro atoms. The zero-order valence-corrected chi connectivity index (χ0v) is 12.5. The van der Waals surface area contributed by atoms with Crippen molar-refractivity contribution in [2.45, 2.75) is 18.9 Å². The van der Waals surface area contributed by atoms with Crippen LogP contribution in [0.15, 0.2) is 48.5 Å². The fraction of sp³-hybridized carbons (Fsp3) is 0.222. The fourth-order valence-electron chi connectivity index (χ4n) is 3.09. The number of amides is 2. The summed E-state index contributed by atoms with van der Waals surface area (Å²) in [5.41, 5.74) is 2.75. The highest BCUT2D eigenvalue weighted by atomic mass is 16.5. The number of nitrogens with one attached hydrogen (secondary N) is 1. The summed E-state index contributed by atoms with van der Waals surface area (Å²) in [5, 5.41) is 2.79. The summed E-state index contributed by atoms with van der Waals surface area (Å²) >= 11 is 0. The normalized spacial score (nSPS) is 18.7. The van der Waals surface area contributed by atoms with Gasteiger partial charge in [0.25, 0.3) is 5.91 Å². The molecule has 2 aromatic carbocycles. The molecule has 0 radical (unpaired) electrons. The standard InChI is InChI=1S/C18H16N2O3/c21-17(20-10-9-12-5-1-3-7-14(12)20)11-16-18(22)19-13-6-2-4-8-15(13)23-16/h1-8,16H,9-11H2,(H,19,22). The first-order valence-electron chi connectivity index (χ1n) is 7.67. The van der Waals surface area contributed by atoms with Gasteiger partial charge in [0.2, 0.25) is 5.91 Å². The molecular formula is C18H16N2O3. The minimum atomic E-state index is -0.787. The minimum absolute atomic E-state index is 0.0362. The SMILES string of the molecule is O=C1Nc2ccccc2OC1CC(=O)N1CCc2ccccc21. The van der Waals surface area contributed by atoms with Crippen LogP contribution in [0.4, 0.5) is 11.4 Å². The molecule has 23 heavy (non-hydrogen) atoms. The molecule has 1 atom stereocenters. The third-order valence-corrected chi connectivity index (χ3v) is 4.25. The Morgan fingerprint density at radius 3 is 2.87 bits per heavy atom. The number of hydrogen-bond donors (Lipinski definition) is 1. The molecule has 1 N–H and O–H groups in total. The second kappa shape index (κ2) is 5.43. The quantitative estimate of drug-likeness (QED) is 0.926. The van der Waals surface area contributed by atoms with E-state index in [9.17, 15) is 9.59 Å². The molecule has 2 aliphatic rings. The summed E-state index contributed by atoms with van der Waals surface area (Å²) in [6.45, 7) is 0.656. The maximum Gasteiger partial charge on any atom is 0.266 e. The Balaban J connectivity index is 1.51. The Bertz CT molecular complexity index is 787. The van der Waals surface area contributed by atoms with E-state index in [1.165, 1.54) is 5.56 Å². The Kier molecular flexibility index (Phi) is 3.26. The smallest absolute Gasteiger partial charge is 0.266 e. The third kappa shape index (κ3) is 2.44.